The van der Waals surface area contributed by atoms with E-state index < -0.39 is 11.5 Å². The van der Waals surface area contributed by atoms with Crippen LogP contribution < -0.4 is 0 Å². The van der Waals surface area contributed by atoms with Crippen LogP contribution in [0.2, 0.25) is 0 Å². The molecule has 0 unspecified atom stereocenters. The van der Waals surface area contributed by atoms with Crippen LogP contribution in [0.3, 0.4) is 0 Å². The summed E-state index contributed by atoms with van der Waals surface area (Å²) in [4.78, 5) is 34.4. The molecule has 0 saturated carbocycles. The quantitative estimate of drug-likeness (QED) is 0.658. The van der Waals surface area contributed by atoms with E-state index in [4.69, 9.17) is 4.74 Å². The van der Waals surface area contributed by atoms with Gasteiger partial charge in [0.1, 0.15) is 5.60 Å². The van der Waals surface area contributed by atoms with Gasteiger partial charge in [0, 0.05) is 24.2 Å². The molecule has 0 aromatic carbocycles. The molecule has 1 heterocycles. The Balaban J connectivity index is 2.44. The summed E-state index contributed by atoms with van der Waals surface area (Å²) in [5.41, 5.74) is -0.520. The fourth-order valence-corrected chi connectivity index (χ4v) is 1.71. The standard InChI is InChI=1S/C11H18N2O4/c1-11(2,3)17-10(15)13-6-4-8(5-7-13)9(14)12-16/h8H,4-7H2,1-3H3. The summed E-state index contributed by atoms with van der Waals surface area (Å²) in [6.45, 7) is 6.27. The molecule has 0 radical (unpaired) electrons. The van der Waals surface area contributed by atoms with E-state index in [1.165, 1.54) is 0 Å². The predicted molar refractivity (Wildman–Crippen MR) is 61.3 cm³/mol. The lowest BCUT2D eigenvalue weighted by Gasteiger charge is -2.32. The average Bonchev–Trinajstić information content (AvgIpc) is 2.26. The maximum absolute atomic E-state index is 11.7. The zero-order chi connectivity index (χ0) is 13.1. The zero-order valence-electron chi connectivity index (χ0n) is 10.4. The van der Waals surface area contributed by atoms with Gasteiger partial charge < -0.3 is 9.64 Å². The van der Waals surface area contributed by atoms with Gasteiger partial charge in [-0.3, -0.25) is 4.79 Å². The van der Waals surface area contributed by atoms with Crippen molar-refractivity contribution in [3.8, 4) is 0 Å². The van der Waals surface area contributed by atoms with Crippen LogP contribution in [-0.2, 0) is 9.53 Å². The molecule has 1 rings (SSSR count). The molecule has 17 heavy (non-hydrogen) atoms. The number of likely N-dealkylation sites (tertiary alicyclic amines) is 1. The number of nitrogens with zero attached hydrogens (tertiary/aromatic N) is 2. The topological polar surface area (TPSA) is 76.0 Å². The lowest BCUT2D eigenvalue weighted by Crippen LogP contribution is -2.42. The van der Waals surface area contributed by atoms with Crippen LogP contribution in [0.4, 0.5) is 4.79 Å². The van der Waals surface area contributed by atoms with Crippen molar-refractivity contribution >= 4 is 12.0 Å². The normalized spacial score (nSPS) is 17.7. The Morgan fingerprint density at radius 2 is 1.76 bits per heavy atom. The summed E-state index contributed by atoms with van der Waals surface area (Å²) in [5, 5.41) is 2.42. The molecule has 0 spiro atoms. The van der Waals surface area contributed by atoms with Gasteiger partial charge in [0.05, 0.1) is 0 Å². The number of hydrogen-bond donors (Lipinski definition) is 0. The highest BCUT2D eigenvalue weighted by Crippen LogP contribution is 2.20. The van der Waals surface area contributed by atoms with Crippen LogP contribution in [-0.4, -0.2) is 35.6 Å². The summed E-state index contributed by atoms with van der Waals surface area (Å²) in [7, 11) is 0. The third-order valence-electron chi connectivity index (χ3n) is 2.59. The number of nitroso groups, excluding NO2 is 1. The van der Waals surface area contributed by atoms with E-state index in [0.717, 1.165) is 0 Å². The van der Waals surface area contributed by atoms with Crippen molar-refractivity contribution in [1.29, 1.82) is 0 Å². The fraction of sp³-hybridized carbons (Fsp3) is 0.818. The van der Waals surface area contributed by atoms with Gasteiger partial charge in [0.2, 0.25) is 0 Å². The first-order valence-corrected chi connectivity index (χ1v) is 5.68. The van der Waals surface area contributed by atoms with Crippen molar-refractivity contribution in [2.75, 3.05) is 13.1 Å². The molecule has 6 heteroatoms. The van der Waals surface area contributed by atoms with Crippen molar-refractivity contribution in [1.82, 2.24) is 4.90 Å². The second-order valence-corrected chi connectivity index (χ2v) is 5.17. The molecule has 2 amide bonds. The molecule has 1 aliphatic heterocycles. The van der Waals surface area contributed by atoms with Gasteiger partial charge in [-0.2, -0.15) is 0 Å². The summed E-state index contributed by atoms with van der Waals surface area (Å²) in [6, 6.07) is 0. The van der Waals surface area contributed by atoms with Crippen LogP contribution in [0.5, 0.6) is 0 Å². The molecule has 0 atom stereocenters. The zero-order valence-corrected chi connectivity index (χ0v) is 10.4. The fourth-order valence-electron chi connectivity index (χ4n) is 1.71. The maximum atomic E-state index is 11.7. The molecule has 0 aromatic rings. The molecular weight excluding hydrogens is 224 g/mol. The molecule has 0 N–H and O–H groups in total. The van der Waals surface area contributed by atoms with Crippen LogP contribution in [0, 0.1) is 10.8 Å². The average molecular weight is 242 g/mol. The first-order valence-electron chi connectivity index (χ1n) is 5.68. The number of rotatable bonds is 1. The molecule has 1 saturated heterocycles. The van der Waals surface area contributed by atoms with Gasteiger partial charge in [-0.25, -0.2) is 4.79 Å². The molecular formula is C11H18N2O4. The Morgan fingerprint density at radius 1 is 1.24 bits per heavy atom. The summed E-state index contributed by atoms with van der Waals surface area (Å²) < 4.78 is 5.22. The van der Waals surface area contributed by atoms with Gasteiger partial charge in [-0.05, 0) is 33.6 Å². The second-order valence-electron chi connectivity index (χ2n) is 5.17. The van der Waals surface area contributed by atoms with Crippen LogP contribution in [0.1, 0.15) is 33.6 Å². The van der Waals surface area contributed by atoms with E-state index >= 15 is 0 Å². The summed E-state index contributed by atoms with van der Waals surface area (Å²) in [5.74, 6) is -0.958. The van der Waals surface area contributed by atoms with E-state index in [-0.39, 0.29) is 12.0 Å². The third-order valence-corrected chi connectivity index (χ3v) is 2.59. The maximum Gasteiger partial charge on any atom is 0.410 e. The molecule has 0 aromatic heterocycles. The number of ether oxygens (including phenoxy) is 1. The van der Waals surface area contributed by atoms with Gasteiger partial charge in [-0.1, -0.05) is 0 Å². The Bertz CT molecular complexity index is 314. The predicted octanol–water partition coefficient (Wildman–Crippen LogP) is 1.93. The Hall–Kier alpha value is -1.46. The first-order chi connectivity index (χ1) is 7.83. The Morgan fingerprint density at radius 3 is 2.18 bits per heavy atom. The molecule has 96 valence electrons. The van der Waals surface area contributed by atoms with Gasteiger partial charge >= 0.3 is 6.09 Å². The largest absolute Gasteiger partial charge is 0.444 e. The van der Waals surface area contributed by atoms with E-state index in [2.05, 4.69) is 5.18 Å². The van der Waals surface area contributed by atoms with E-state index in [0.29, 0.717) is 25.9 Å². The van der Waals surface area contributed by atoms with Gasteiger partial charge in [0.15, 0.2) is 0 Å². The minimum Gasteiger partial charge on any atom is -0.444 e. The van der Waals surface area contributed by atoms with Crippen LogP contribution in [0.25, 0.3) is 0 Å². The smallest absolute Gasteiger partial charge is 0.410 e. The second kappa shape index (κ2) is 5.25. The summed E-state index contributed by atoms with van der Waals surface area (Å²) >= 11 is 0. The van der Waals surface area contributed by atoms with Gasteiger partial charge in [0.25, 0.3) is 5.91 Å². The Labute approximate surface area is 100 Å². The lowest BCUT2D eigenvalue weighted by atomic mass is 9.96. The minimum atomic E-state index is -0.617. The first kappa shape index (κ1) is 13.6. The molecule has 6 nitrogen and oxygen atoms in total. The van der Waals surface area contributed by atoms with Crippen molar-refractivity contribution in [3.05, 3.63) is 4.91 Å². The summed E-state index contributed by atoms with van der Waals surface area (Å²) in [6.07, 6.45) is 0.579. The number of piperidine rings is 1. The van der Waals surface area contributed by atoms with Crippen molar-refractivity contribution in [2.45, 2.75) is 39.2 Å². The van der Waals surface area contributed by atoms with Crippen molar-refractivity contribution in [2.24, 2.45) is 11.1 Å². The molecule has 0 aliphatic carbocycles. The van der Waals surface area contributed by atoms with Crippen molar-refractivity contribution in [3.63, 3.8) is 0 Å². The van der Waals surface area contributed by atoms with Crippen molar-refractivity contribution < 1.29 is 14.3 Å². The number of amides is 2. The highest BCUT2D eigenvalue weighted by atomic mass is 16.6. The third kappa shape index (κ3) is 4.13. The molecule has 0 bridgehead atoms. The SMILES string of the molecule is CC(C)(C)OC(=O)N1CCC(C(=O)N=O)CC1. The van der Waals surface area contributed by atoms with Crippen LogP contribution in [0.15, 0.2) is 5.18 Å². The minimum absolute atomic E-state index is 0.341. The van der Waals surface area contributed by atoms with Gasteiger partial charge in [-0.15, -0.1) is 4.91 Å². The monoisotopic (exact) mass is 242 g/mol. The number of hydrogen-bond acceptors (Lipinski definition) is 4. The highest BCUT2D eigenvalue weighted by Gasteiger charge is 2.30. The van der Waals surface area contributed by atoms with Crippen LogP contribution >= 0.6 is 0 Å². The van der Waals surface area contributed by atoms with E-state index in [1.807, 2.05) is 0 Å². The van der Waals surface area contributed by atoms with E-state index in [9.17, 15) is 14.5 Å². The number of carbonyl (C=O) groups is 2. The Kier molecular flexibility index (Phi) is 4.20. The lowest BCUT2D eigenvalue weighted by molar-refractivity contribution is -0.123. The highest BCUT2D eigenvalue weighted by molar-refractivity contribution is 5.79. The molecule has 1 aliphatic rings. The molecule has 1 fully saturated rings. The van der Waals surface area contributed by atoms with E-state index in [1.54, 1.807) is 25.7 Å². The number of carbonyl (C=O) groups excluding carboxylic acids is 2.